The minimum absolute atomic E-state index is 0.353. The van der Waals surface area contributed by atoms with Crippen molar-refractivity contribution in [2.75, 3.05) is 7.11 Å². The van der Waals surface area contributed by atoms with Gasteiger partial charge in [0.2, 0.25) is 0 Å². The SMILES string of the molecule is CCC(NCc1ccoc1)c1ccc(OC)cc1. The predicted octanol–water partition coefficient (Wildman–Crippen LogP) is 3.53. The predicted molar refractivity (Wildman–Crippen MR) is 71.6 cm³/mol. The van der Waals surface area contributed by atoms with Gasteiger partial charge in [0.25, 0.3) is 0 Å². The van der Waals surface area contributed by atoms with Crippen molar-refractivity contribution >= 4 is 0 Å². The van der Waals surface area contributed by atoms with Crippen LogP contribution in [0.4, 0.5) is 0 Å². The van der Waals surface area contributed by atoms with E-state index in [0.29, 0.717) is 6.04 Å². The summed E-state index contributed by atoms with van der Waals surface area (Å²) in [6, 6.07) is 10.5. The van der Waals surface area contributed by atoms with Crippen molar-refractivity contribution in [3.63, 3.8) is 0 Å². The third kappa shape index (κ3) is 3.14. The molecule has 1 atom stereocenters. The summed E-state index contributed by atoms with van der Waals surface area (Å²) in [7, 11) is 1.68. The second-order valence-corrected chi connectivity index (χ2v) is 4.25. The molecule has 3 heteroatoms. The van der Waals surface area contributed by atoms with Gasteiger partial charge in [0.1, 0.15) is 5.75 Å². The Labute approximate surface area is 108 Å². The van der Waals surface area contributed by atoms with Gasteiger partial charge in [-0.15, -0.1) is 0 Å². The fourth-order valence-electron chi connectivity index (χ4n) is 1.97. The average molecular weight is 245 g/mol. The molecule has 2 aromatic rings. The highest BCUT2D eigenvalue weighted by Gasteiger charge is 2.08. The third-order valence-corrected chi connectivity index (χ3v) is 3.06. The number of rotatable bonds is 6. The normalized spacial score (nSPS) is 12.3. The van der Waals surface area contributed by atoms with Crippen molar-refractivity contribution in [1.29, 1.82) is 0 Å². The van der Waals surface area contributed by atoms with Gasteiger partial charge in [0.05, 0.1) is 19.6 Å². The Bertz CT molecular complexity index is 448. The van der Waals surface area contributed by atoms with Crippen LogP contribution in [0.3, 0.4) is 0 Å². The largest absolute Gasteiger partial charge is 0.497 e. The first kappa shape index (κ1) is 12.7. The standard InChI is InChI=1S/C15H19NO2/c1-3-15(16-10-12-8-9-18-11-12)13-4-6-14(17-2)7-5-13/h4-9,11,15-16H,3,10H2,1-2H3. The van der Waals surface area contributed by atoms with E-state index in [4.69, 9.17) is 9.15 Å². The molecule has 18 heavy (non-hydrogen) atoms. The van der Waals surface area contributed by atoms with E-state index in [-0.39, 0.29) is 0 Å². The van der Waals surface area contributed by atoms with Crippen LogP contribution in [-0.2, 0) is 6.54 Å². The summed E-state index contributed by atoms with van der Waals surface area (Å²) < 4.78 is 10.2. The fourth-order valence-corrected chi connectivity index (χ4v) is 1.97. The van der Waals surface area contributed by atoms with Crippen LogP contribution >= 0.6 is 0 Å². The molecule has 0 saturated heterocycles. The van der Waals surface area contributed by atoms with Gasteiger partial charge in [-0.05, 0) is 30.2 Å². The first-order chi connectivity index (χ1) is 8.83. The molecule has 1 aromatic heterocycles. The summed E-state index contributed by atoms with van der Waals surface area (Å²) in [6.07, 6.45) is 4.52. The highest BCUT2D eigenvalue weighted by molar-refractivity contribution is 5.29. The molecule has 3 nitrogen and oxygen atoms in total. The lowest BCUT2D eigenvalue weighted by Crippen LogP contribution is -2.19. The van der Waals surface area contributed by atoms with E-state index in [2.05, 4.69) is 24.4 Å². The van der Waals surface area contributed by atoms with Crippen LogP contribution in [0.5, 0.6) is 5.75 Å². The summed E-state index contributed by atoms with van der Waals surface area (Å²) >= 11 is 0. The lowest BCUT2D eigenvalue weighted by atomic mass is 10.0. The minimum Gasteiger partial charge on any atom is -0.497 e. The molecule has 0 aliphatic carbocycles. The number of benzene rings is 1. The van der Waals surface area contributed by atoms with Gasteiger partial charge in [0, 0.05) is 18.2 Å². The maximum Gasteiger partial charge on any atom is 0.118 e. The summed E-state index contributed by atoms with van der Waals surface area (Å²) in [5.74, 6) is 0.892. The maximum atomic E-state index is 5.17. The zero-order valence-corrected chi connectivity index (χ0v) is 10.8. The zero-order chi connectivity index (χ0) is 12.8. The monoisotopic (exact) mass is 245 g/mol. The second-order valence-electron chi connectivity index (χ2n) is 4.25. The first-order valence-corrected chi connectivity index (χ1v) is 6.22. The molecular formula is C15H19NO2. The maximum absolute atomic E-state index is 5.17. The molecule has 0 spiro atoms. The summed E-state index contributed by atoms with van der Waals surface area (Å²) in [6.45, 7) is 3.00. The molecule has 0 aliphatic heterocycles. The molecule has 0 bridgehead atoms. The number of hydrogen-bond acceptors (Lipinski definition) is 3. The number of furan rings is 1. The fraction of sp³-hybridized carbons (Fsp3) is 0.333. The molecule has 1 unspecified atom stereocenters. The molecule has 96 valence electrons. The van der Waals surface area contributed by atoms with Gasteiger partial charge in [0.15, 0.2) is 0 Å². The number of ether oxygens (including phenoxy) is 1. The van der Waals surface area contributed by atoms with Gasteiger partial charge in [-0.25, -0.2) is 0 Å². The molecule has 0 amide bonds. The Morgan fingerprint density at radius 3 is 2.56 bits per heavy atom. The molecule has 2 rings (SSSR count). The Kier molecular flexibility index (Phi) is 4.42. The average Bonchev–Trinajstić information content (AvgIpc) is 2.93. The van der Waals surface area contributed by atoms with E-state index >= 15 is 0 Å². The van der Waals surface area contributed by atoms with Crippen molar-refractivity contribution in [2.24, 2.45) is 0 Å². The van der Waals surface area contributed by atoms with Crippen LogP contribution in [0, 0.1) is 0 Å². The lowest BCUT2D eigenvalue weighted by molar-refractivity contribution is 0.414. The molecule has 1 aromatic carbocycles. The summed E-state index contributed by atoms with van der Waals surface area (Å²) in [5, 5.41) is 3.52. The molecule has 0 saturated carbocycles. The van der Waals surface area contributed by atoms with Gasteiger partial charge in [-0.2, -0.15) is 0 Å². The quantitative estimate of drug-likeness (QED) is 0.845. The first-order valence-electron chi connectivity index (χ1n) is 6.22. The van der Waals surface area contributed by atoms with Gasteiger partial charge < -0.3 is 14.5 Å². The summed E-state index contributed by atoms with van der Waals surface area (Å²) in [4.78, 5) is 0. The van der Waals surface area contributed by atoms with E-state index in [1.54, 1.807) is 19.6 Å². The molecule has 0 radical (unpaired) electrons. The van der Waals surface area contributed by atoms with Gasteiger partial charge in [-0.1, -0.05) is 19.1 Å². The smallest absolute Gasteiger partial charge is 0.118 e. The van der Waals surface area contributed by atoms with Gasteiger partial charge in [-0.3, -0.25) is 0 Å². The molecule has 1 N–H and O–H groups in total. The second kappa shape index (κ2) is 6.26. The van der Waals surface area contributed by atoms with Crippen molar-refractivity contribution in [3.05, 3.63) is 54.0 Å². The van der Waals surface area contributed by atoms with Crippen molar-refractivity contribution in [2.45, 2.75) is 25.9 Å². The Balaban J connectivity index is 1.98. The van der Waals surface area contributed by atoms with E-state index < -0.39 is 0 Å². The number of methoxy groups -OCH3 is 1. The van der Waals surface area contributed by atoms with Crippen LogP contribution < -0.4 is 10.1 Å². The molecular weight excluding hydrogens is 226 g/mol. The lowest BCUT2D eigenvalue weighted by Gasteiger charge is -2.17. The Hall–Kier alpha value is -1.74. The van der Waals surface area contributed by atoms with E-state index in [9.17, 15) is 0 Å². The Morgan fingerprint density at radius 1 is 1.22 bits per heavy atom. The van der Waals surface area contributed by atoms with Crippen LogP contribution in [0.1, 0.15) is 30.5 Å². The number of nitrogens with one attached hydrogen (secondary N) is 1. The van der Waals surface area contributed by atoms with Crippen LogP contribution in [0.2, 0.25) is 0 Å². The highest BCUT2D eigenvalue weighted by Crippen LogP contribution is 2.20. The van der Waals surface area contributed by atoms with Crippen LogP contribution in [-0.4, -0.2) is 7.11 Å². The Morgan fingerprint density at radius 2 is 2.00 bits per heavy atom. The minimum atomic E-state index is 0.353. The molecule has 0 aliphatic rings. The third-order valence-electron chi connectivity index (χ3n) is 3.06. The van der Waals surface area contributed by atoms with E-state index in [1.807, 2.05) is 18.2 Å². The van der Waals surface area contributed by atoms with E-state index in [0.717, 1.165) is 18.7 Å². The molecule has 0 fully saturated rings. The van der Waals surface area contributed by atoms with Crippen molar-refractivity contribution < 1.29 is 9.15 Å². The van der Waals surface area contributed by atoms with Crippen molar-refractivity contribution in [3.8, 4) is 5.75 Å². The van der Waals surface area contributed by atoms with Crippen LogP contribution in [0.15, 0.2) is 47.3 Å². The van der Waals surface area contributed by atoms with E-state index in [1.165, 1.54) is 11.1 Å². The van der Waals surface area contributed by atoms with Crippen LogP contribution in [0.25, 0.3) is 0 Å². The van der Waals surface area contributed by atoms with Gasteiger partial charge >= 0.3 is 0 Å². The topological polar surface area (TPSA) is 34.4 Å². The summed E-state index contributed by atoms with van der Waals surface area (Å²) in [5.41, 5.74) is 2.45. The van der Waals surface area contributed by atoms with Crippen molar-refractivity contribution in [1.82, 2.24) is 5.32 Å². The highest BCUT2D eigenvalue weighted by atomic mass is 16.5. The number of hydrogen-bond donors (Lipinski definition) is 1. The zero-order valence-electron chi connectivity index (χ0n) is 10.8. The molecule has 1 heterocycles.